The number of benzene rings is 2. The summed E-state index contributed by atoms with van der Waals surface area (Å²) < 4.78 is 10.9. The molecule has 0 bridgehead atoms. The van der Waals surface area contributed by atoms with Gasteiger partial charge in [0, 0.05) is 5.56 Å². The van der Waals surface area contributed by atoms with Crippen LogP contribution in [0.4, 0.5) is 5.95 Å². The summed E-state index contributed by atoms with van der Waals surface area (Å²) in [5.41, 5.74) is 3.10. The molecule has 3 rings (SSSR count). The highest BCUT2D eigenvalue weighted by Crippen LogP contribution is 2.20. The van der Waals surface area contributed by atoms with Gasteiger partial charge in [0.1, 0.15) is 5.75 Å². The van der Waals surface area contributed by atoms with Crippen LogP contribution in [0, 0.1) is 6.92 Å². The Morgan fingerprint density at radius 1 is 1.23 bits per heavy atom. The molecule has 1 heterocycles. The Kier molecular flexibility index (Phi) is 5.31. The van der Waals surface area contributed by atoms with Crippen molar-refractivity contribution in [1.82, 2.24) is 10.1 Å². The zero-order valence-electron chi connectivity index (χ0n) is 15.0. The molecule has 1 aromatic heterocycles. The number of amides is 1. The van der Waals surface area contributed by atoms with E-state index in [9.17, 15) is 4.79 Å². The molecule has 1 atom stereocenters. The second-order valence-electron chi connectivity index (χ2n) is 6.04. The van der Waals surface area contributed by atoms with Crippen LogP contribution in [-0.2, 0) is 11.2 Å². The molecule has 1 amide bonds. The van der Waals surface area contributed by atoms with Gasteiger partial charge in [-0.15, -0.1) is 0 Å². The minimum absolute atomic E-state index is 0.114. The maximum absolute atomic E-state index is 12.3. The van der Waals surface area contributed by atoms with E-state index in [1.807, 2.05) is 55.5 Å². The predicted molar refractivity (Wildman–Crippen MR) is 99.0 cm³/mol. The maximum atomic E-state index is 12.3. The monoisotopic (exact) mass is 351 g/mol. The lowest BCUT2D eigenvalue weighted by molar-refractivity contribution is -0.122. The summed E-state index contributed by atoms with van der Waals surface area (Å²) in [6.45, 7) is 5.74. The smallest absolute Gasteiger partial charge is 0.270 e. The fraction of sp³-hybridized carbons (Fsp3) is 0.250. The second kappa shape index (κ2) is 7.82. The van der Waals surface area contributed by atoms with Gasteiger partial charge in [0.2, 0.25) is 0 Å². The number of rotatable bonds is 6. The Hall–Kier alpha value is -3.15. The van der Waals surface area contributed by atoms with E-state index in [1.165, 1.54) is 5.56 Å². The Labute approximate surface area is 152 Å². The highest BCUT2D eigenvalue weighted by atomic mass is 16.5. The van der Waals surface area contributed by atoms with Crippen LogP contribution in [-0.4, -0.2) is 22.2 Å². The Morgan fingerprint density at radius 2 is 2.00 bits per heavy atom. The second-order valence-corrected chi connectivity index (χ2v) is 6.04. The number of nitrogens with one attached hydrogen (secondary N) is 1. The van der Waals surface area contributed by atoms with Gasteiger partial charge in [-0.2, -0.15) is 4.98 Å². The number of carbonyl (C=O) groups excluding carboxylic acids is 1. The molecule has 0 saturated heterocycles. The zero-order chi connectivity index (χ0) is 18.5. The molecule has 0 aliphatic carbocycles. The number of carbonyl (C=O) groups is 1. The van der Waals surface area contributed by atoms with Gasteiger partial charge in [-0.05, 0) is 55.3 Å². The summed E-state index contributed by atoms with van der Waals surface area (Å²) in [4.78, 5) is 16.5. The summed E-state index contributed by atoms with van der Waals surface area (Å²) in [6, 6.07) is 15.4. The molecule has 2 aromatic carbocycles. The van der Waals surface area contributed by atoms with Crippen LogP contribution in [0.3, 0.4) is 0 Å². The minimum atomic E-state index is -0.691. The Bertz CT molecular complexity index is 887. The van der Waals surface area contributed by atoms with E-state index < -0.39 is 6.10 Å². The van der Waals surface area contributed by atoms with Gasteiger partial charge >= 0.3 is 0 Å². The first-order chi connectivity index (χ1) is 12.5. The third kappa shape index (κ3) is 4.27. The minimum Gasteiger partial charge on any atom is -0.481 e. The molecule has 0 fully saturated rings. The average molecular weight is 351 g/mol. The third-order valence-corrected chi connectivity index (χ3v) is 3.94. The fourth-order valence-corrected chi connectivity index (χ4v) is 2.44. The van der Waals surface area contributed by atoms with Crippen LogP contribution in [0.15, 0.2) is 53.1 Å². The van der Waals surface area contributed by atoms with Crippen molar-refractivity contribution < 1.29 is 14.1 Å². The maximum Gasteiger partial charge on any atom is 0.270 e. The summed E-state index contributed by atoms with van der Waals surface area (Å²) in [5, 5.41) is 6.41. The molecule has 134 valence electrons. The SMILES string of the molecule is CCc1ccc(O[C@H](C)C(=O)Nc2noc(-c3cccc(C)c3)n2)cc1. The van der Waals surface area contributed by atoms with Crippen LogP contribution in [0.25, 0.3) is 11.5 Å². The first kappa shape index (κ1) is 17.7. The summed E-state index contributed by atoms with van der Waals surface area (Å²) in [7, 11) is 0. The zero-order valence-corrected chi connectivity index (χ0v) is 15.0. The van der Waals surface area contributed by atoms with Crippen molar-refractivity contribution in [3.8, 4) is 17.2 Å². The van der Waals surface area contributed by atoms with Crippen molar-refractivity contribution in [3.63, 3.8) is 0 Å². The quantitative estimate of drug-likeness (QED) is 0.726. The first-order valence-electron chi connectivity index (χ1n) is 8.52. The van der Waals surface area contributed by atoms with E-state index in [0.29, 0.717) is 11.6 Å². The van der Waals surface area contributed by atoms with Crippen LogP contribution in [0.2, 0.25) is 0 Å². The molecule has 6 nitrogen and oxygen atoms in total. The number of anilines is 1. The van der Waals surface area contributed by atoms with Gasteiger partial charge in [0.05, 0.1) is 0 Å². The number of hydrogen-bond acceptors (Lipinski definition) is 5. The molecule has 0 aliphatic rings. The standard InChI is InChI=1S/C20H21N3O3/c1-4-15-8-10-17(11-9-15)25-14(3)18(24)21-20-22-19(26-23-20)16-7-5-6-13(2)12-16/h5-12,14H,4H2,1-3H3,(H,21,23,24)/t14-/m1/s1. The van der Waals surface area contributed by atoms with Gasteiger partial charge in [-0.25, -0.2) is 0 Å². The van der Waals surface area contributed by atoms with Gasteiger partial charge in [-0.3, -0.25) is 10.1 Å². The lowest BCUT2D eigenvalue weighted by Crippen LogP contribution is -2.30. The number of nitrogens with zero attached hydrogens (tertiary/aromatic N) is 2. The van der Waals surface area contributed by atoms with Crippen molar-refractivity contribution in [1.29, 1.82) is 0 Å². The largest absolute Gasteiger partial charge is 0.481 e. The van der Waals surface area contributed by atoms with Crippen LogP contribution in [0.5, 0.6) is 5.75 Å². The Morgan fingerprint density at radius 3 is 2.69 bits per heavy atom. The molecular formula is C20H21N3O3. The van der Waals surface area contributed by atoms with E-state index in [0.717, 1.165) is 17.5 Å². The molecule has 1 N–H and O–H groups in total. The highest BCUT2D eigenvalue weighted by Gasteiger charge is 2.18. The van der Waals surface area contributed by atoms with Gasteiger partial charge in [-0.1, -0.05) is 36.8 Å². The van der Waals surface area contributed by atoms with Crippen LogP contribution in [0.1, 0.15) is 25.0 Å². The predicted octanol–water partition coefficient (Wildman–Crippen LogP) is 4.01. The van der Waals surface area contributed by atoms with E-state index in [4.69, 9.17) is 9.26 Å². The number of ether oxygens (including phenoxy) is 1. The molecule has 3 aromatic rings. The summed E-state index contributed by atoms with van der Waals surface area (Å²) in [6.07, 6.45) is 0.264. The molecular weight excluding hydrogens is 330 g/mol. The molecule has 0 unspecified atom stereocenters. The number of hydrogen-bond donors (Lipinski definition) is 1. The van der Waals surface area contributed by atoms with Crippen LogP contribution < -0.4 is 10.1 Å². The van der Waals surface area contributed by atoms with E-state index in [-0.39, 0.29) is 11.9 Å². The molecule has 0 aliphatic heterocycles. The number of aryl methyl sites for hydroxylation is 2. The molecule has 0 spiro atoms. The van der Waals surface area contributed by atoms with Crippen molar-refractivity contribution in [2.24, 2.45) is 0 Å². The highest BCUT2D eigenvalue weighted by molar-refractivity contribution is 5.92. The van der Waals surface area contributed by atoms with Crippen molar-refractivity contribution >= 4 is 11.9 Å². The van der Waals surface area contributed by atoms with Crippen molar-refractivity contribution in [2.75, 3.05) is 5.32 Å². The van der Waals surface area contributed by atoms with Crippen molar-refractivity contribution in [3.05, 3.63) is 59.7 Å². The van der Waals surface area contributed by atoms with E-state index >= 15 is 0 Å². The number of aromatic nitrogens is 2. The van der Waals surface area contributed by atoms with E-state index in [2.05, 4.69) is 22.4 Å². The summed E-state index contributed by atoms with van der Waals surface area (Å²) in [5.74, 6) is 0.760. The summed E-state index contributed by atoms with van der Waals surface area (Å²) >= 11 is 0. The van der Waals surface area contributed by atoms with Gasteiger partial charge in [0.15, 0.2) is 6.10 Å². The Balaban J connectivity index is 1.62. The molecule has 6 heteroatoms. The van der Waals surface area contributed by atoms with E-state index in [1.54, 1.807) is 6.92 Å². The van der Waals surface area contributed by atoms with Crippen molar-refractivity contribution in [2.45, 2.75) is 33.3 Å². The molecule has 0 saturated carbocycles. The van der Waals surface area contributed by atoms with Gasteiger partial charge in [0.25, 0.3) is 17.7 Å². The lowest BCUT2D eigenvalue weighted by Gasteiger charge is -2.13. The first-order valence-corrected chi connectivity index (χ1v) is 8.52. The third-order valence-electron chi connectivity index (χ3n) is 3.94. The molecule has 26 heavy (non-hydrogen) atoms. The van der Waals surface area contributed by atoms with Crippen LogP contribution >= 0.6 is 0 Å². The average Bonchev–Trinajstić information content (AvgIpc) is 3.11. The van der Waals surface area contributed by atoms with Gasteiger partial charge < -0.3 is 9.26 Å². The fourth-order valence-electron chi connectivity index (χ4n) is 2.44. The normalized spacial score (nSPS) is 11.8. The molecule has 0 radical (unpaired) electrons. The topological polar surface area (TPSA) is 77.2 Å². The lowest BCUT2D eigenvalue weighted by atomic mass is 10.1.